The van der Waals surface area contributed by atoms with Gasteiger partial charge in [-0.15, -0.1) is 0 Å². The summed E-state index contributed by atoms with van der Waals surface area (Å²) in [6.45, 7) is 0.0911. The third-order valence-electron chi connectivity index (χ3n) is 9.58. The van der Waals surface area contributed by atoms with Crippen molar-refractivity contribution in [3.8, 4) is 0 Å². The lowest BCUT2D eigenvalue weighted by Crippen LogP contribution is -2.62. The van der Waals surface area contributed by atoms with Crippen LogP contribution in [0.5, 0.6) is 0 Å². The summed E-state index contributed by atoms with van der Waals surface area (Å²) in [6.07, 6.45) is 6.66. The Bertz CT molecular complexity index is 1220. The molecule has 40 heavy (non-hydrogen) atoms. The van der Waals surface area contributed by atoms with Gasteiger partial charge in [-0.2, -0.15) is 12.7 Å². The highest BCUT2D eigenvalue weighted by Crippen LogP contribution is 2.61. The number of carbonyl (C=O) groups excluding carboxylic acids is 2. The summed E-state index contributed by atoms with van der Waals surface area (Å²) in [6, 6.07) is 5.66. The van der Waals surface area contributed by atoms with Crippen LogP contribution in [0.3, 0.4) is 0 Å². The van der Waals surface area contributed by atoms with Gasteiger partial charge in [-0.3, -0.25) is 13.9 Å². The van der Waals surface area contributed by atoms with Gasteiger partial charge in [-0.25, -0.2) is 4.39 Å². The van der Waals surface area contributed by atoms with E-state index in [1.165, 1.54) is 18.2 Å². The van der Waals surface area contributed by atoms with E-state index >= 15 is 0 Å². The maximum Gasteiger partial charge on any atom is 0.304 e. The predicted octanol–water partition coefficient (Wildman–Crippen LogP) is 2.29. The van der Waals surface area contributed by atoms with Crippen LogP contribution < -0.4 is 15.4 Å². The lowest BCUT2D eigenvalue weighted by Gasteiger charge is -2.60. The van der Waals surface area contributed by atoms with Gasteiger partial charge in [0.1, 0.15) is 5.82 Å². The minimum atomic E-state index is -4.20. The van der Waals surface area contributed by atoms with E-state index in [1.54, 1.807) is 6.07 Å². The molecule has 4 aliphatic carbocycles. The summed E-state index contributed by atoms with van der Waals surface area (Å²) in [7, 11) is -4.20. The Labute approximate surface area is 234 Å². The van der Waals surface area contributed by atoms with Crippen molar-refractivity contribution in [3.63, 3.8) is 0 Å². The number of anilines is 1. The van der Waals surface area contributed by atoms with E-state index in [2.05, 4.69) is 5.32 Å². The van der Waals surface area contributed by atoms with E-state index in [9.17, 15) is 22.4 Å². The van der Waals surface area contributed by atoms with Gasteiger partial charge in [0, 0.05) is 25.6 Å². The average Bonchev–Trinajstić information content (AvgIpc) is 2.88. The first-order chi connectivity index (χ1) is 19.1. The molecule has 2 amide bonds. The molecule has 1 aromatic rings. The zero-order valence-corrected chi connectivity index (χ0v) is 23.5. The van der Waals surface area contributed by atoms with Crippen molar-refractivity contribution in [1.29, 1.82) is 0 Å². The number of hydrogen-bond donors (Lipinski definition) is 2. The van der Waals surface area contributed by atoms with E-state index in [4.69, 9.17) is 15.2 Å². The number of rotatable bonds is 8. The maximum absolute atomic E-state index is 14.8. The minimum absolute atomic E-state index is 0.0259. The molecule has 2 aliphatic heterocycles. The summed E-state index contributed by atoms with van der Waals surface area (Å²) < 4.78 is 56.1. The van der Waals surface area contributed by atoms with Crippen LogP contribution >= 0.6 is 0 Å². The molecule has 1 aromatic carbocycles. The molecule has 4 unspecified atom stereocenters. The first-order valence-corrected chi connectivity index (χ1v) is 15.9. The van der Waals surface area contributed by atoms with E-state index in [-0.39, 0.29) is 60.4 Å². The molecule has 2 heterocycles. The van der Waals surface area contributed by atoms with Crippen molar-refractivity contribution < 1.29 is 31.9 Å². The Morgan fingerprint density at radius 1 is 1.12 bits per heavy atom. The van der Waals surface area contributed by atoms with Crippen LogP contribution in [0.25, 0.3) is 0 Å². The quantitative estimate of drug-likeness (QED) is 0.487. The number of nitrogens with two attached hydrogens (primary N) is 1. The Kier molecular flexibility index (Phi) is 7.56. The standard InChI is InChI=1S/C28H39FN4O6S/c29-22-5-1-2-6-23(22)33-16-21(39-26-7-3-4-8-38-26)15-32(40(33,36)37)17-25(35)31-27-19-9-18-10-20(27)13-28(11-18,12-19)14-24(30)34/h1-2,5-6,18-21,26-27H,3-4,7-17H2,(H2,30,34)(H,31,35). The van der Waals surface area contributed by atoms with Gasteiger partial charge in [0.25, 0.3) is 0 Å². The number of carbonyl (C=O) groups is 2. The van der Waals surface area contributed by atoms with Crippen LogP contribution in [0, 0.1) is 29.0 Å². The largest absolute Gasteiger partial charge is 0.370 e. The summed E-state index contributed by atoms with van der Waals surface area (Å²) in [5.74, 6) is -0.269. The highest BCUT2D eigenvalue weighted by molar-refractivity contribution is 7.90. The number of primary amides is 1. The van der Waals surface area contributed by atoms with E-state index < -0.39 is 28.4 Å². The predicted molar refractivity (Wildman–Crippen MR) is 144 cm³/mol. The molecule has 6 fully saturated rings. The molecule has 4 atom stereocenters. The summed E-state index contributed by atoms with van der Waals surface area (Å²) in [4.78, 5) is 25.2. The van der Waals surface area contributed by atoms with Gasteiger partial charge in [-0.1, -0.05) is 12.1 Å². The Balaban J connectivity index is 1.18. The van der Waals surface area contributed by atoms with Crippen molar-refractivity contribution in [3.05, 3.63) is 30.1 Å². The van der Waals surface area contributed by atoms with Crippen LogP contribution in [0.1, 0.15) is 57.8 Å². The first-order valence-electron chi connectivity index (χ1n) is 14.5. The fraction of sp³-hybridized carbons (Fsp3) is 0.714. The number of ether oxygens (including phenoxy) is 2. The summed E-state index contributed by atoms with van der Waals surface area (Å²) in [5, 5.41) is 3.16. The fourth-order valence-corrected chi connectivity index (χ4v) is 10.0. The number of hydrogen-bond acceptors (Lipinski definition) is 6. The van der Waals surface area contributed by atoms with Crippen molar-refractivity contribution in [2.45, 2.75) is 76.2 Å². The molecular formula is C28H39FN4O6S. The lowest BCUT2D eigenvalue weighted by molar-refractivity contribution is -0.187. The smallest absolute Gasteiger partial charge is 0.304 e. The molecule has 6 aliphatic rings. The van der Waals surface area contributed by atoms with Crippen LogP contribution in [0.4, 0.5) is 10.1 Å². The van der Waals surface area contributed by atoms with Crippen LogP contribution in [0.2, 0.25) is 0 Å². The summed E-state index contributed by atoms with van der Waals surface area (Å²) >= 11 is 0. The molecule has 4 saturated carbocycles. The topological polar surface area (TPSA) is 131 Å². The second-order valence-electron chi connectivity index (χ2n) is 12.5. The molecule has 0 spiro atoms. The molecule has 10 nitrogen and oxygen atoms in total. The molecule has 12 heteroatoms. The van der Waals surface area contributed by atoms with Crippen molar-refractivity contribution in [2.75, 3.05) is 30.5 Å². The summed E-state index contributed by atoms with van der Waals surface area (Å²) in [5.41, 5.74) is 5.43. The third-order valence-corrected chi connectivity index (χ3v) is 11.4. The molecule has 3 N–H and O–H groups in total. The number of nitrogens with zero attached hydrogens (tertiary/aromatic N) is 2. The van der Waals surface area contributed by atoms with Crippen molar-refractivity contribution in [1.82, 2.24) is 9.62 Å². The molecule has 0 aromatic heterocycles. The van der Waals surface area contributed by atoms with Gasteiger partial charge in [0.2, 0.25) is 11.8 Å². The van der Waals surface area contributed by atoms with Gasteiger partial charge in [0.15, 0.2) is 6.29 Å². The third kappa shape index (κ3) is 5.47. The average molecular weight is 579 g/mol. The molecule has 0 radical (unpaired) electrons. The number of para-hydroxylation sites is 1. The van der Waals surface area contributed by atoms with E-state index in [0.717, 1.165) is 53.6 Å². The van der Waals surface area contributed by atoms with Gasteiger partial charge >= 0.3 is 10.2 Å². The SMILES string of the molecule is NC(=O)CC12CC3CC(C1)C(NC(=O)CN1CC(OC4CCCCO4)CN(c4ccccc4F)S1(=O)=O)C(C3)C2. The van der Waals surface area contributed by atoms with E-state index in [1.807, 2.05) is 0 Å². The molecule has 4 bridgehead atoms. The number of halogens is 1. The molecular weight excluding hydrogens is 539 g/mol. The Morgan fingerprint density at radius 3 is 2.55 bits per heavy atom. The second-order valence-corrected chi connectivity index (χ2v) is 14.4. The van der Waals surface area contributed by atoms with Crippen LogP contribution in [-0.2, 0) is 29.3 Å². The highest BCUT2D eigenvalue weighted by Gasteiger charge is 2.56. The van der Waals surface area contributed by atoms with E-state index in [0.29, 0.717) is 25.4 Å². The number of nitrogens with one attached hydrogen (secondary N) is 1. The lowest BCUT2D eigenvalue weighted by atomic mass is 9.47. The zero-order valence-electron chi connectivity index (χ0n) is 22.7. The molecule has 7 rings (SSSR count). The zero-order chi connectivity index (χ0) is 28.1. The normalized spacial score (nSPS) is 36.9. The monoisotopic (exact) mass is 578 g/mol. The fourth-order valence-electron chi connectivity index (χ4n) is 8.35. The van der Waals surface area contributed by atoms with Crippen molar-refractivity contribution in [2.24, 2.45) is 28.9 Å². The Hall–Kier alpha value is -2.28. The maximum atomic E-state index is 14.8. The Morgan fingerprint density at radius 2 is 1.88 bits per heavy atom. The number of benzene rings is 1. The molecule has 220 valence electrons. The first kappa shape index (κ1) is 27.9. The number of amides is 2. The highest BCUT2D eigenvalue weighted by atomic mass is 32.2. The van der Waals surface area contributed by atoms with Crippen LogP contribution in [-0.4, -0.2) is 69.2 Å². The van der Waals surface area contributed by atoms with Gasteiger partial charge in [0.05, 0.1) is 24.9 Å². The van der Waals surface area contributed by atoms with Crippen LogP contribution in [0.15, 0.2) is 24.3 Å². The van der Waals surface area contributed by atoms with Crippen molar-refractivity contribution >= 4 is 27.7 Å². The molecule has 2 saturated heterocycles. The van der Waals surface area contributed by atoms with Gasteiger partial charge in [-0.05, 0) is 86.7 Å². The van der Waals surface area contributed by atoms with Gasteiger partial charge < -0.3 is 20.5 Å². The second kappa shape index (κ2) is 10.8. The minimum Gasteiger partial charge on any atom is -0.370 e.